The minimum Gasteiger partial charge on any atom is -0.478 e. The number of nitrogens with zero attached hydrogens (tertiary/aromatic N) is 1. The lowest BCUT2D eigenvalue weighted by Crippen LogP contribution is -2.42. The number of carboxylic acids is 1. The minimum absolute atomic E-state index is 0.0316. The molecule has 1 aromatic rings. The number of thioether (sulfide) groups is 1. The molecule has 0 aromatic heterocycles. The highest BCUT2D eigenvalue weighted by Crippen LogP contribution is 2.22. The number of likely N-dealkylation sites (tertiary alicyclic amines) is 1. The van der Waals surface area contributed by atoms with Crippen LogP contribution < -0.4 is 5.32 Å². The molecule has 1 heterocycles. The van der Waals surface area contributed by atoms with Crippen LogP contribution in [-0.4, -0.2) is 46.1 Å². The van der Waals surface area contributed by atoms with Gasteiger partial charge in [-0.1, -0.05) is 25.5 Å². The summed E-state index contributed by atoms with van der Waals surface area (Å²) in [7, 11) is 0. The molecule has 126 valence electrons. The second-order valence-electron chi connectivity index (χ2n) is 5.68. The number of hydrogen-bond acceptors (Lipinski definition) is 3. The SMILES string of the molecule is CCSC1CCCCN(C(=O)NCc2ccc(C(=O)O)cc2)C1. The average molecular weight is 336 g/mol. The molecule has 0 spiro atoms. The van der Waals surface area contributed by atoms with Crippen molar-refractivity contribution in [1.29, 1.82) is 0 Å². The van der Waals surface area contributed by atoms with E-state index in [0.29, 0.717) is 11.8 Å². The van der Waals surface area contributed by atoms with E-state index in [1.54, 1.807) is 24.3 Å². The van der Waals surface area contributed by atoms with Crippen LogP contribution in [0.2, 0.25) is 0 Å². The van der Waals surface area contributed by atoms with Gasteiger partial charge in [0.1, 0.15) is 0 Å². The van der Waals surface area contributed by atoms with Gasteiger partial charge >= 0.3 is 12.0 Å². The second-order valence-corrected chi connectivity index (χ2v) is 7.26. The van der Waals surface area contributed by atoms with Crippen molar-refractivity contribution in [2.24, 2.45) is 0 Å². The predicted molar refractivity (Wildman–Crippen MR) is 93.0 cm³/mol. The van der Waals surface area contributed by atoms with Gasteiger partial charge < -0.3 is 15.3 Å². The molecule has 1 fully saturated rings. The fourth-order valence-corrected chi connectivity index (χ4v) is 3.80. The fraction of sp³-hybridized carbons (Fsp3) is 0.529. The van der Waals surface area contributed by atoms with Gasteiger partial charge in [0.2, 0.25) is 0 Å². The topological polar surface area (TPSA) is 69.6 Å². The number of hydrogen-bond donors (Lipinski definition) is 2. The third kappa shape index (κ3) is 5.46. The van der Waals surface area contributed by atoms with Crippen molar-refractivity contribution < 1.29 is 14.7 Å². The summed E-state index contributed by atoms with van der Waals surface area (Å²) in [4.78, 5) is 25.1. The number of amides is 2. The van der Waals surface area contributed by atoms with Crippen molar-refractivity contribution >= 4 is 23.8 Å². The summed E-state index contributed by atoms with van der Waals surface area (Å²) in [6.07, 6.45) is 3.42. The van der Waals surface area contributed by atoms with Crippen molar-refractivity contribution in [3.63, 3.8) is 0 Å². The third-order valence-electron chi connectivity index (χ3n) is 3.96. The van der Waals surface area contributed by atoms with Gasteiger partial charge in [-0.3, -0.25) is 0 Å². The van der Waals surface area contributed by atoms with Crippen molar-refractivity contribution in [2.75, 3.05) is 18.8 Å². The Morgan fingerprint density at radius 3 is 2.70 bits per heavy atom. The summed E-state index contributed by atoms with van der Waals surface area (Å²) in [6.45, 7) is 4.19. The van der Waals surface area contributed by atoms with Crippen LogP contribution in [0.15, 0.2) is 24.3 Å². The van der Waals surface area contributed by atoms with E-state index in [1.165, 1.54) is 12.8 Å². The Balaban J connectivity index is 1.86. The van der Waals surface area contributed by atoms with Gasteiger partial charge in [-0.05, 0) is 36.3 Å². The lowest BCUT2D eigenvalue weighted by atomic mass is 10.1. The normalized spacial score (nSPS) is 18.3. The molecule has 6 heteroatoms. The summed E-state index contributed by atoms with van der Waals surface area (Å²) >= 11 is 1.93. The summed E-state index contributed by atoms with van der Waals surface area (Å²) in [6, 6.07) is 6.56. The van der Waals surface area contributed by atoms with Crippen LogP contribution in [0.3, 0.4) is 0 Å². The molecular weight excluding hydrogens is 312 g/mol. The van der Waals surface area contributed by atoms with Crippen LogP contribution in [0, 0.1) is 0 Å². The largest absolute Gasteiger partial charge is 0.478 e. The highest BCUT2D eigenvalue weighted by atomic mass is 32.2. The first-order valence-electron chi connectivity index (χ1n) is 8.06. The smallest absolute Gasteiger partial charge is 0.335 e. The second kappa shape index (κ2) is 8.82. The maximum Gasteiger partial charge on any atom is 0.335 e. The third-order valence-corrected chi connectivity index (χ3v) is 5.15. The molecule has 1 atom stereocenters. The van der Waals surface area contributed by atoms with Crippen LogP contribution in [0.4, 0.5) is 4.79 Å². The monoisotopic (exact) mass is 336 g/mol. The lowest BCUT2D eigenvalue weighted by molar-refractivity contribution is 0.0697. The Bertz CT molecular complexity index is 533. The van der Waals surface area contributed by atoms with Gasteiger partial charge in [0.15, 0.2) is 0 Å². The van der Waals surface area contributed by atoms with E-state index in [-0.39, 0.29) is 11.6 Å². The number of carbonyl (C=O) groups excluding carboxylic acids is 1. The standard InChI is InChI=1S/C17H24N2O3S/c1-2-23-15-5-3-4-10-19(12-15)17(22)18-11-13-6-8-14(9-7-13)16(20)21/h6-9,15H,2-5,10-12H2,1H3,(H,18,22)(H,20,21). The average Bonchev–Trinajstić information content (AvgIpc) is 2.79. The van der Waals surface area contributed by atoms with Crippen molar-refractivity contribution in [2.45, 2.75) is 38.0 Å². The molecule has 0 bridgehead atoms. The summed E-state index contributed by atoms with van der Waals surface area (Å²) in [5.74, 6) is 0.139. The summed E-state index contributed by atoms with van der Waals surface area (Å²) in [5.41, 5.74) is 1.16. The Labute approximate surface area is 141 Å². The number of urea groups is 1. The van der Waals surface area contributed by atoms with Gasteiger partial charge in [0, 0.05) is 24.9 Å². The van der Waals surface area contributed by atoms with E-state index in [2.05, 4.69) is 12.2 Å². The van der Waals surface area contributed by atoms with Crippen molar-refractivity contribution in [3.8, 4) is 0 Å². The number of carboxylic acid groups (broad SMARTS) is 1. The number of aromatic carboxylic acids is 1. The molecular formula is C17H24N2O3S. The Hall–Kier alpha value is -1.69. The minimum atomic E-state index is -0.940. The van der Waals surface area contributed by atoms with Crippen LogP contribution in [-0.2, 0) is 6.54 Å². The molecule has 1 unspecified atom stereocenters. The zero-order valence-electron chi connectivity index (χ0n) is 13.5. The molecule has 1 aromatic carbocycles. The first kappa shape index (κ1) is 17.7. The van der Waals surface area contributed by atoms with E-state index in [0.717, 1.165) is 30.8 Å². The molecule has 0 aliphatic carbocycles. The molecule has 0 radical (unpaired) electrons. The number of nitrogens with one attached hydrogen (secondary N) is 1. The molecule has 2 N–H and O–H groups in total. The number of carbonyl (C=O) groups is 2. The zero-order chi connectivity index (χ0) is 16.7. The predicted octanol–water partition coefficient (Wildman–Crippen LogP) is 3.20. The maximum atomic E-state index is 12.4. The first-order valence-corrected chi connectivity index (χ1v) is 9.11. The maximum absolute atomic E-state index is 12.4. The molecule has 5 nitrogen and oxygen atoms in total. The van der Waals surface area contributed by atoms with Crippen LogP contribution >= 0.6 is 11.8 Å². The van der Waals surface area contributed by atoms with E-state index in [4.69, 9.17) is 5.11 Å². The van der Waals surface area contributed by atoms with E-state index in [9.17, 15) is 9.59 Å². The zero-order valence-corrected chi connectivity index (χ0v) is 14.3. The Morgan fingerprint density at radius 2 is 2.04 bits per heavy atom. The van der Waals surface area contributed by atoms with E-state index >= 15 is 0 Å². The van der Waals surface area contributed by atoms with Gasteiger partial charge in [-0.2, -0.15) is 11.8 Å². The lowest BCUT2D eigenvalue weighted by Gasteiger charge is -2.24. The highest BCUT2D eigenvalue weighted by molar-refractivity contribution is 7.99. The summed E-state index contributed by atoms with van der Waals surface area (Å²) < 4.78 is 0. The van der Waals surface area contributed by atoms with Gasteiger partial charge in [0.05, 0.1) is 5.56 Å². The molecule has 2 rings (SSSR count). The molecule has 2 amide bonds. The van der Waals surface area contributed by atoms with Crippen LogP contribution in [0.25, 0.3) is 0 Å². The first-order chi connectivity index (χ1) is 11.1. The molecule has 1 aliphatic heterocycles. The van der Waals surface area contributed by atoms with Gasteiger partial charge in [-0.25, -0.2) is 9.59 Å². The number of rotatable bonds is 5. The Morgan fingerprint density at radius 1 is 1.30 bits per heavy atom. The van der Waals surface area contributed by atoms with Crippen LogP contribution in [0.5, 0.6) is 0 Å². The Kier molecular flexibility index (Phi) is 6.77. The summed E-state index contributed by atoms with van der Waals surface area (Å²) in [5, 5.41) is 12.3. The molecule has 1 saturated heterocycles. The number of benzene rings is 1. The van der Waals surface area contributed by atoms with E-state index in [1.807, 2.05) is 16.7 Å². The van der Waals surface area contributed by atoms with Crippen LogP contribution in [0.1, 0.15) is 42.1 Å². The van der Waals surface area contributed by atoms with Crippen molar-refractivity contribution in [1.82, 2.24) is 10.2 Å². The fourth-order valence-electron chi connectivity index (χ4n) is 2.71. The molecule has 0 saturated carbocycles. The highest BCUT2D eigenvalue weighted by Gasteiger charge is 2.21. The van der Waals surface area contributed by atoms with Crippen molar-refractivity contribution in [3.05, 3.63) is 35.4 Å². The quantitative estimate of drug-likeness (QED) is 0.866. The van der Waals surface area contributed by atoms with Gasteiger partial charge in [-0.15, -0.1) is 0 Å². The van der Waals surface area contributed by atoms with Gasteiger partial charge in [0.25, 0.3) is 0 Å². The van der Waals surface area contributed by atoms with E-state index < -0.39 is 5.97 Å². The molecule has 23 heavy (non-hydrogen) atoms. The molecule has 1 aliphatic rings.